The average molecular weight is 317 g/mol. The molecule has 1 aliphatic heterocycles. The highest BCUT2D eigenvalue weighted by Gasteiger charge is 2.25. The fraction of sp³-hybridized carbons (Fsp3) is 0.632. The van der Waals surface area contributed by atoms with Crippen LogP contribution in [0.25, 0.3) is 0 Å². The third-order valence-corrected chi connectivity index (χ3v) is 4.39. The summed E-state index contributed by atoms with van der Waals surface area (Å²) in [5, 5.41) is 3.50. The lowest BCUT2D eigenvalue weighted by molar-refractivity contribution is 0.185. The lowest BCUT2D eigenvalue weighted by Crippen LogP contribution is -2.39. The summed E-state index contributed by atoms with van der Waals surface area (Å²) in [6.07, 6.45) is 2.60. The Kier molecular flexibility index (Phi) is 6.90. The van der Waals surface area contributed by atoms with Crippen LogP contribution in [0.4, 0.5) is 0 Å². The Balaban J connectivity index is 1.83. The van der Waals surface area contributed by atoms with Crippen LogP contribution < -0.4 is 5.32 Å². The molecule has 0 spiro atoms. The molecule has 0 radical (unpaired) electrons. The quantitative estimate of drug-likeness (QED) is 0.646. The summed E-state index contributed by atoms with van der Waals surface area (Å²) in [7, 11) is 3.60. The van der Waals surface area contributed by atoms with Crippen molar-refractivity contribution >= 4 is 5.96 Å². The Morgan fingerprint density at radius 1 is 1.30 bits per heavy atom. The number of nitrogens with zero attached hydrogens (tertiary/aromatic N) is 2. The van der Waals surface area contributed by atoms with Gasteiger partial charge < -0.3 is 15.0 Å². The molecule has 0 bridgehead atoms. The molecule has 4 heteroatoms. The van der Waals surface area contributed by atoms with Crippen LogP contribution in [0.3, 0.4) is 0 Å². The van der Waals surface area contributed by atoms with Gasteiger partial charge in [0.15, 0.2) is 5.96 Å². The molecule has 0 saturated carbocycles. The first-order chi connectivity index (χ1) is 11.1. The molecule has 4 nitrogen and oxygen atoms in total. The number of guanidine groups is 1. The Morgan fingerprint density at radius 3 is 2.61 bits per heavy atom. The summed E-state index contributed by atoms with van der Waals surface area (Å²) in [6.45, 7) is 8.34. The maximum atomic E-state index is 5.15. The second-order valence-electron chi connectivity index (χ2n) is 6.88. The SMILES string of the molecule is CN=C(NCc1ccc(COC)cc1)N1CCC(CC(C)C)C1. The van der Waals surface area contributed by atoms with Crippen LogP contribution in [0, 0.1) is 11.8 Å². The second kappa shape index (κ2) is 8.92. The third-order valence-electron chi connectivity index (χ3n) is 4.39. The molecule has 1 saturated heterocycles. The average Bonchev–Trinajstić information content (AvgIpc) is 2.97. The van der Waals surface area contributed by atoms with Gasteiger partial charge in [-0.3, -0.25) is 4.99 Å². The van der Waals surface area contributed by atoms with E-state index in [-0.39, 0.29) is 0 Å². The van der Waals surface area contributed by atoms with Crippen molar-refractivity contribution in [2.75, 3.05) is 27.2 Å². The fourth-order valence-electron chi connectivity index (χ4n) is 3.32. The van der Waals surface area contributed by atoms with E-state index in [0.717, 1.165) is 37.4 Å². The van der Waals surface area contributed by atoms with Crippen LogP contribution in [0.1, 0.15) is 37.8 Å². The van der Waals surface area contributed by atoms with E-state index in [2.05, 4.69) is 53.3 Å². The van der Waals surface area contributed by atoms with Crippen molar-refractivity contribution in [2.24, 2.45) is 16.8 Å². The lowest BCUT2D eigenvalue weighted by Gasteiger charge is -2.22. The van der Waals surface area contributed by atoms with Gasteiger partial charge >= 0.3 is 0 Å². The summed E-state index contributed by atoms with van der Waals surface area (Å²) in [4.78, 5) is 6.85. The normalized spacial score (nSPS) is 18.7. The largest absolute Gasteiger partial charge is 0.380 e. The molecule has 2 rings (SSSR count). The van der Waals surface area contributed by atoms with Gasteiger partial charge in [-0.15, -0.1) is 0 Å². The smallest absolute Gasteiger partial charge is 0.193 e. The van der Waals surface area contributed by atoms with E-state index in [1.54, 1.807) is 7.11 Å². The van der Waals surface area contributed by atoms with E-state index in [4.69, 9.17) is 4.74 Å². The molecular formula is C19H31N3O. The predicted molar refractivity (Wildman–Crippen MR) is 96.5 cm³/mol. The molecule has 1 N–H and O–H groups in total. The molecule has 1 aromatic rings. The zero-order valence-corrected chi connectivity index (χ0v) is 15.0. The van der Waals surface area contributed by atoms with Gasteiger partial charge in [-0.1, -0.05) is 38.1 Å². The first kappa shape index (κ1) is 17.8. The number of methoxy groups -OCH3 is 1. The Hall–Kier alpha value is -1.55. The minimum Gasteiger partial charge on any atom is -0.380 e. The van der Waals surface area contributed by atoms with Crippen LogP contribution in [0.5, 0.6) is 0 Å². The van der Waals surface area contributed by atoms with E-state index in [0.29, 0.717) is 6.61 Å². The topological polar surface area (TPSA) is 36.9 Å². The predicted octanol–water partition coefficient (Wildman–Crippen LogP) is 3.28. The van der Waals surface area contributed by atoms with Crippen LogP contribution in [0.2, 0.25) is 0 Å². The number of likely N-dealkylation sites (tertiary alicyclic amines) is 1. The Labute approximate surface area is 140 Å². The summed E-state index contributed by atoms with van der Waals surface area (Å²) in [6, 6.07) is 8.55. The van der Waals surface area contributed by atoms with Gasteiger partial charge in [0, 0.05) is 33.8 Å². The number of ether oxygens (including phenoxy) is 1. The molecule has 1 heterocycles. The monoisotopic (exact) mass is 317 g/mol. The van der Waals surface area contributed by atoms with Crippen molar-refractivity contribution in [3.05, 3.63) is 35.4 Å². The van der Waals surface area contributed by atoms with Crippen LogP contribution in [0.15, 0.2) is 29.3 Å². The zero-order valence-electron chi connectivity index (χ0n) is 15.0. The molecule has 0 aliphatic carbocycles. The van der Waals surface area contributed by atoms with Crippen LogP contribution in [-0.2, 0) is 17.9 Å². The van der Waals surface area contributed by atoms with Gasteiger partial charge in [-0.25, -0.2) is 0 Å². The third kappa shape index (κ3) is 5.54. The molecule has 1 unspecified atom stereocenters. The van der Waals surface area contributed by atoms with Gasteiger partial charge in [0.2, 0.25) is 0 Å². The number of hydrogen-bond acceptors (Lipinski definition) is 2. The standard InChI is InChI=1S/C19H31N3O/c1-15(2)11-18-9-10-22(13-18)19(20-3)21-12-16-5-7-17(8-6-16)14-23-4/h5-8,15,18H,9-14H2,1-4H3,(H,20,21). The van der Waals surface area contributed by atoms with Gasteiger partial charge in [0.05, 0.1) is 6.61 Å². The fourth-order valence-corrected chi connectivity index (χ4v) is 3.32. The number of benzene rings is 1. The van der Waals surface area contributed by atoms with E-state index in [1.165, 1.54) is 24.0 Å². The van der Waals surface area contributed by atoms with Crippen molar-refractivity contribution < 1.29 is 4.74 Å². The molecule has 0 amide bonds. The molecule has 1 fully saturated rings. The Bertz CT molecular complexity index is 496. The van der Waals surface area contributed by atoms with E-state index in [1.807, 2.05) is 7.05 Å². The van der Waals surface area contributed by atoms with Gasteiger partial charge in [-0.2, -0.15) is 0 Å². The van der Waals surface area contributed by atoms with E-state index < -0.39 is 0 Å². The molecule has 1 aromatic carbocycles. The first-order valence-corrected chi connectivity index (χ1v) is 8.64. The van der Waals surface area contributed by atoms with Gasteiger partial charge in [-0.05, 0) is 35.8 Å². The van der Waals surface area contributed by atoms with E-state index in [9.17, 15) is 0 Å². The maximum absolute atomic E-state index is 5.15. The summed E-state index contributed by atoms with van der Waals surface area (Å²) < 4.78 is 5.15. The maximum Gasteiger partial charge on any atom is 0.193 e. The van der Waals surface area contributed by atoms with Gasteiger partial charge in [0.1, 0.15) is 0 Å². The highest BCUT2D eigenvalue weighted by Crippen LogP contribution is 2.23. The minimum atomic E-state index is 0.667. The molecule has 128 valence electrons. The van der Waals surface area contributed by atoms with Crippen LogP contribution in [-0.4, -0.2) is 38.1 Å². The van der Waals surface area contributed by atoms with Crippen LogP contribution >= 0.6 is 0 Å². The molecular weight excluding hydrogens is 286 g/mol. The van der Waals surface area contributed by atoms with Crippen molar-refractivity contribution in [3.63, 3.8) is 0 Å². The highest BCUT2D eigenvalue weighted by atomic mass is 16.5. The van der Waals surface area contributed by atoms with Gasteiger partial charge in [0.25, 0.3) is 0 Å². The summed E-state index contributed by atoms with van der Waals surface area (Å²) in [5.74, 6) is 2.61. The molecule has 0 aromatic heterocycles. The number of aliphatic imine (C=N–C) groups is 1. The zero-order chi connectivity index (χ0) is 16.7. The van der Waals surface area contributed by atoms with Crippen molar-refractivity contribution in [1.29, 1.82) is 0 Å². The van der Waals surface area contributed by atoms with Crippen molar-refractivity contribution in [2.45, 2.75) is 39.8 Å². The van der Waals surface area contributed by atoms with Crippen molar-refractivity contribution in [1.82, 2.24) is 10.2 Å². The van der Waals surface area contributed by atoms with E-state index >= 15 is 0 Å². The first-order valence-electron chi connectivity index (χ1n) is 8.64. The lowest BCUT2D eigenvalue weighted by atomic mass is 9.97. The van der Waals surface area contributed by atoms with Crippen molar-refractivity contribution in [3.8, 4) is 0 Å². The summed E-state index contributed by atoms with van der Waals surface area (Å²) >= 11 is 0. The molecule has 1 atom stereocenters. The Morgan fingerprint density at radius 2 is 2.00 bits per heavy atom. The molecule has 1 aliphatic rings. The molecule has 23 heavy (non-hydrogen) atoms. The number of rotatable bonds is 6. The minimum absolute atomic E-state index is 0.667. The highest BCUT2D eigenvalue weighted by molar-refractivity contribution is 5.80. The second-order valence-corrected chi connectivity index (χ2v) is 6.88. The number of nitrogens with one attached hydrogen (secondary N) is 1. The summed E-state index contributed by atoms with van der Waals surface area (Å²) in [5.41, 5.74) is 2.47. The number of hydrogen-bond donors (Lipinski definition) is 1.